The van der Waals surface area contributed by atoms with Gasteiger partial charge in [-0.2, -0.15) is 0 Å². The third kappa shape index (κ3) is 1.92. The van der Waals surface area contributed by atoms with E-state index in [0.717, 1.165) is 29.8 Å². The molecule has 92 valence electrons. The zero-order chi connectivity index (χ0) is 12.5. The van der Waals surface area contributed by atoms with Gasteiger partial charge in [-0.1, -0.05) is 18.2 Å². The molecule has 0 aromatic heterocycles. The summed E-state index contributed by atoms with van der Waals surface area (Å²) >= 11 is 0. The Hall–Kier alpha value is -2.03. The van der Waals surface area contributed by atoms with Crippen molar-refractivity contribution in [3.63, 3.8) is 0 Å². The van der Waals surface area contributed by atoms with Crippen LogP contribution >= 0.6 is 0 Å². The fraction of sp³-hybridized carbons (Fsp3) is 0.200. The van der Waals surface area contributed by atoms with E-state index in [2.05, 4.69) is 5.32 Å². The van der Waals surface area contributed by atoms with Crippen molar-refractivity contribution in [3.05, 3.63) is 59.4 Å². The third-order valence-corrected chi connectivity index (χ3v) is 3.43. The molecule has 1 aliphatic heterocycles. The summed E-state index contributed by atoms with van der Waals surface area (Å²) in [6.45, 7) is 0.835. The molecule has 0 amide bonds. The highest BCUT2D eigenvalue weighted by molar-refractivity contribution is 5.57. The topological polar surface area (TPSA) is 32.3 Å². The number of anilines is 1. The second-order valence-electron chi connectivity index (χ2n) is 4.59. The minimum atomic E-state index is -0.215. The molecule has 2 N–H and O–H groups in total. The van der Waals surface area contributed by atoms with E-state index >= 15 is 0 Å². The molecule has 0 saturated heterocycles. The van der Waals surface area contributed by atoms with Crippen molar-refractivity contribution >= 4 is 5.69 Å². The molecule has 2 aromatic rings. The largest absolute Gasteiger partial charge is 0.508 e. The van der Waals surface area contributed by atoms with Crippen LogP contribution < -0.4 is 5.32 Å². The van der Waals surface area contributed by atoms with Gasteiger partial charge in [0.2, 0.25) is 0 Å². The van der Waals surface area contributed by atoms with Crippen LogP contribution in [0.5, 0.6) is 5.75 Å². The molecule has 0 saturated carbocycles. The Morgan fingerprint density at radius 2 is 1.89 bits per heavy atom. The van der Waals surface area contributed by atoms with Crippen LogP contribution in [0.3, 0.4) is 0 Å². The summed E-state index contributed by atoms with van der Waals surface area (Å²) in [5, 5.41) is 12.5. The SMILES string of the molecule is Oc1ccc(C2CCNc3cc(F)ccc32)cc1. The van der Waals surface area contributed by atoms with Crippen LogP contribution in [0.2, 0.25) is 0 Å². The highest BCUT2D eigenvalue weighted by Crippen LogP contribution is 2.37. The number of nitrogens with one attached hydrogen (secondary N) is 1. The highest BCUT2D eigenvalue weighted by Gasteiger charge is 2.21. The van der Waals surface area contributed by atoms with E-state index in [1.54, 1.807) is 18.2 Å². The van der Waals surface area contributed by atoms with Crippen LogP contribution in [0.1, 0.15) is 23.5 Å². The Bertz CT molecular complexity index is 565. The normalized spacial score (nSPS) is 17.9. The molecule has 1 unspecified atom stereocenters. The lowest BCUT2D eigenvalue weighted by Crippen LogP contribution is -2.17. The fourth-order valence-corrected chi connectivity index (χ4v) is 2.54. The minimum absolute atomic E-state index is 0.215. The molecule has 0 aliphatic carbocycles. The molecule has 1 aliphatic rings. The summed E-state index contributed by atoms with van der Waals surface area (Å²) in [6, 6.07) is 12.1. The van der Waals surface area contributed by atoms with Crippen LogP contribution in [0, 0.1) is 5.82 Å². The minimum Gasteiger partial charge on any atom is -0.508 e. The maximum absolute atomic E-state index is 13.2. The number of rotatable bonds is 1. The first-order valence-electron chi connectivity index (χ1n) is 6.06. The van der Waals surface area contributed by atoms with E-state index in [1.165, 1.54) is 6.07 Å². The Balaban J connectivity index is 2.03. The number of hydrogen-bond donors (Lipinski definition) is 2. The number of aromatic hydroxyl groups is 1. The number of hydrogen-bond acceptors (Lipinski definition) is 2. The highest BCUT2D eigenvalue weighted by atomic mass is 19.1. The Kier molecular flexibility index (Phi) is 2.67. The maximum Gasteiger partial charge on any atom is 0.125 e. The van der Waals surface area contributed by atoms with Gasteiger partial charge in [0.05, 0.1) is 0 Å². The molecule has 2 nitrogen and oxygen atoms in total. The number of phenols is 1. The molecule has 2 aromatic carbocycles. The molecule has 18 heavy (non-hydrogen) atoms. The first-order chi connectivity index (χ1) is 8.74. The Morgan fingerprint density at radius 3 is 2.67 bits per heavy atom. The van der Waals surface area contributed by atoms with Crippen molar-refractivity contribution in [1.29, 1.82) is 0 Å². The molecule has 0 radical (unpaired) electrons. The van der Waals surface area contributed by atoms with E-state index < -0.39 is 0 Å². The number of fused-ring (bicyclic) bond motifs is 1. The molecular weight excluding hydrogens is 229 g/mol. The van der Waals surface area contributed by atoms with Crippen molar-refractivity contribution in [2.24, 2.45) is 0 Å². The molecule has 3 heteroatoms. The van der Waals surface area contributed by atoms with Crippen LogP contribution in [-0.2, 0) is 0 Å². The molecule has 1 heterocycles. The summed E-state index contributed by atoms with van der Waals surface area (Å²) in [6.07, 6.45) is 0.976. The van der Waals surface area contributed by atoms with Gasteiger partial charge in [0.1, 0.15) is 11.6 Å². The summed E-state index contributed by atoms with van der Waals surface area (Å²) in [4.78, 5) is 0. The molecule has 3 rings (SSSR count). The van der Waals surface area contributed by atoms with Gasteiger partial charge in [-0.05, 0) is 41.8 Å². The van der Waals surface area contributed by atoms with Crippen LogP contribution in [0.15, 0.2) is 42.5 Å². The van der Waals surface area contributed by atoms with Gasteiger partial charge in [0, 0.05) is 18.2 Å². The number of phenolic OH excluding ortho intramolecular Hbond substituents is 1. The zero-order valence-electron chi connectivity index (χ0n) is 9.86. The molecular formula is C15H14FNO. The van der Waals surface area contributed by atoms with Gasteiger partial charge in [0.15, 0.2) is 0 Å². The maximum atomic E-state index is 13.2. The monoisotopic (exact) mass is 243 g/mol. The second kappa shape index (κ2) is 4.33. The average Bonchev–Trinajstić information content (AvgIpc) is 2.38. The molecule has 0 spiro atoms. The lowest BCUT2D eigenvalue weighted by atomic mass is 9.85. The van der Waals surface area contributed by atoms with E-state index in [-0.39, 0.29) is 17.5 Å². The predicted molar refractivity (Wildman–Crippen MR) is 69.5 cm³/mol. The first-order valence-corrected chi connectivity index (χ1v) is 6.06. The quantitative estimate of drug-likeness (QED) is 0.803. The van der Waals surface area contributed by atoms with Crippen LogP contribution in [0.25, 0.3) is 0 Å². The molecule has 0 fully saturated rings. The van der Waals surface area contributed by atoms with Crippen molar-refractivity contribution in [2.75, 3.05) is 11.9 Å². The van der Waals surface area contributed by atoms with Gasteiger partial charge >= 0.3 is 0 Å². The van der Waals surface area contributed by atoms with Crippen molar-refractivity contribution in [3.8, 4) is 5.75 Å². The van der Waals surface area contributed by atoms with E-state index in [4.69, 9.17) is 0 Å². The van der Waals surface area contributed by atoms with E-state index in [0.29, 0.717) is 0 Å². The smallest absolute Gasteiger partial charge is 0.125 e. The second-order valence-corrected chi connectivity index (χ2v) is 4.59. The van der Waals surface area contributed by atoms with Crippen molar-refractivity contribution in [2.45, 2.75) is 12.3 Å². The fourth-order valence-electron chi connectivity index (χ4n) is 2.54. The summed E-state index contributed by atoms with van der Waals surface area (Å²) < 4.78 is 13.2. The average molecular weight is 243 g/mol. The van der Waals surface area contributed by atoms with E-state index in [1.807, 2.05) is 18.2 Å². The van der Waals surface area contributed by atoms with Gasteiger partial charge in [-0.25, -0.2) is 4.39 Å². The van der Waals surface area contributed by atoms with Crippen LogP contribution in [-0.4, -0.2) is 11.7 Å². The molecule has 0 bridgehead atoms. The first kappa shape index (κ1) is 11.1. The Labute approximate surface area is 105 Å². The lowest BCUT2D eigenvalue weighted by Gasteiger charge is -2.27. The van der Waals surface area contributed by atoms with Crippen LogP contribution in [0.4, 0.5) is 10.1 Å². The third-order valence-electron chi connectivity index (χ3n) is 3.43. The summed E-state index contributed by atoms with van der Waals surface area (Å²) in [5.74, 6) is 0.321. The predicted octanol–water partition coefficient (Wildman–Crippen LogP) is 3.48. The number of benzene rings is 2. The summed E-state index contributed by atoms with van der Waals surface area (Å²) in [5.41, 5.74) is 3.15. The standard InChI is InChI=1S/C15H14FNO/c16-11-3-6-14-13(7-8-17-15(14)9-11)10-1-4-12(18)5-2-10/h1-6,9,13,17-18H,7-8H2. The van der Waals surface area contributed by atoms with Crippen molar-refractivity contribution in [1.82, 2.24) is 0 Å². The lowest BCUT2D eigenvalue weighted by molar-refractivity contribution is 0.475. The van der Waals surface area contributed by atoms with Gasteiger partial charge in [-0.3, -0.25) is 0 Å². The molecule has 1 atom stereocenters. The van der Waals surface area contributed by atoms with E-state index in [9.17, 15) is 9.50 Å². The number of halogens is 1. The van der Waals surface area contributed by atoms with Gasteiger partial charge in [-0.15, -0.1) is 0 Å². The Morgan fingerprint density at radius 1 is 1.11 bits per heavy atom. The summed E-state index contributed by atoms with van der Waals surface area (Å²) in [7, 11) is 0. The van der Waals surface area contributed by atoms with Crippen molar-refractivity contribution < 1.29 is 9.50 Å². The van der Waals surface area contributed by atoms with Gasteiger partial charge < -0.3 is 10.4 Å². The van der Waals surface area contributed by atoms with Gasteiger partial charge in [0.25, 0.3) is 0 Å². The zero-order valence-corrected chi connectivity index (χ0v) is 9.86.